The number of H-pyrrole nitrogens is 1. The van der Waals surface area contributed by atoms with Gasteiger partial charge in [-0.25, -0.2) is 4.90 Å². The summed E-state index contributed by atoms with van der Waals surface area (Å²) in [6, 6.07) is 25.4. The molecule has 0 bridgehead atoms. The number of carbonyl (C=O) groups is 3. The molecule has 4 aromatic carbocycles. The molecule has 0 radical (unpaired) electrons. The van der Waals surface area contributed by atoms with Gasteiger partial charge in [0.15, 0.2) is 18.1 Å². The summed E-state index contributed by atoms with van der Waals surface area (Å²) < 4.78 is 16.8. The summed E-state index contributed by atoms with van der Waals surface area (Å²) in [5.74, 6) is -1.12. The van der Waals surface area contributed by atoms with E-state index in [0.717, 1.165) is 22.1 Å². The maximum Gasteiger partial charge on any atom is 0.305 e. The molecule has 2 unspecified atom stereocenters. The molecule has 0 aliphatic carbocycles. The van der Waals surface area contributed by atoms with Gasteiger partial charge in [0.05, 0.1) is 30.9 Å². The smallest absolute Gasteiger partial charge is 0.305 e. The van der Waals surface area contributed by atoms with Gasteiger partial charge in [0, 0.05) is 21.9 Å². The number of aromatic nitrogens is 1. The molecular weight excluding hydrogens is 627 g/mol. The molecule has 2 aliphatic heterocycles. The van der Waals surface area contributed by atoms with E-state index in [9.17, 15) is 19.2 Å². The zero-order valence-electron chi connectivity index (χ0n) is 24.6. The number of rotatable bonds is 8. The topological polar surface area (TPSA) is 127 Å². The number of nitrogens with one attached hydrogen (secondary N) is 2. The first kappa shape index (κ1) is 29.6. The average molecular weight is 654 g/mol. The number of hydrogen-bond acceptors (Lipinski definition) is 9. The van der Waals surface area contributed by atoms with Crippen molar-refractivity contribution in [1.82, 2.24) is 4.98 Å². The maximum absolute atomic E-state index is 14.0. The number of amides is 3. The number of carbonyl (C=O) groups excluding carboxylic acids is 3. The molecule has 3 atom stereocenters. The number of nitrogens with zero attached hydrogens (tertiary/aromatic N) is 1. The number of anilines is 2. The first-order chi connectivity index (χ1) is 22.4. The van der Waals surface area contributed by atoms with E-state index in [0.29, 0.717) is 44.1 Å². The fraction of sp³-hybridized carbons (Fsp3) is 0.176. The fourth-order valence-corrected chi connectivity index (χ4v) is 8.54. The summed E-state index contributed by atoms with van der Waals surface area (Å²) in [7, 11) is 3.03. The van der Waals surface area contributed by atoms with Gasteiger partial charge < -0.3 is 24.5 Å². The van der Waals surface area contributed by atoms with Crippen molar-refractivity contribution in [3.05, 3.63) is 105 Å². The predicted molar refractivity (Wildman–Crippen MR) is 176 cm³/mol. The summed E-state index contributed by atoms with van der Waals surface area (Å²) in [5, 5.41) is 4.67. The molecule has 3 heterocycles. The summed E-state index contributed by atoms with van der Waals surface area (Å²) in [4.78, 5) is 57.5. The molecule has 2 aliphatic rings. The van der Waals surface area contributed by atoms with Crippen molar-refractivity contribution in [1.29, 1.82) is 0 Å². The standard InChI is InChI=1S/C34H27N3O7S2/c1-42-21-13-11-20(12-14-21)37-32(39)28-27(29-31(36-34(41)46-29)45-30(28)33(37)40)19-10-15-24(25(16-19)43-2)44-17-26(38)35-23-9-5-7-18-6-3-4-8-22(18)23/h3-16,27-28,30H,17H2,1-2H3,(H,35,38)(H,36,41)/t27-,28?,30?/m1/s1. The van der Waals surface area contributed by atoms with Crippen LogP contribution in [0.3, 0.4) is 0 Å². The van der Waals surface area contributed by atoms with Gasteiger partial charge in [-0.2, -0.15) is 0 Å². The zero-order chi connectivity index (χ0) is 31.9. The maximum atomic E-state index is 14.0. The van der Waals surface area contributed by atoms with Crippen LogP contribution < -0.4 is 29.3 Å². The van der Waals surface area contributed by atoms with E-state index in [2.05, 4.69) is 10.3 Å². The second kappa shape index (κ2) is 12.0. The van der Waals surface area contributed by atoms with Gasteiger partial charge in [0.25, 0.3) is 5.91 Å². The quantitative estimate of drug-likeness (QED) is 0.213. The van der Waals surface area contributed by atoms with Crippen LogP contribution in [0.1, 0.15) is 16.4 Å². The van der Waals surface area contributed by atoms with Crippen LogP contribution in [-0.4, -0.2) is 48.8 Å². The Hall–Kier alpha value is -5.07. The van der Waals surface area contributed by atoms with E-state index >= 15 is 0 Å². The highest BCUT2D eigenvalue weighted by atomic mass is 32.2. The Kier molecular flexibility index (Phi) is 7.75. The zero-order valence-corrected chi connectivity index (χ0v) is 26.3. The highest BCUT2D eigenvalue weighted by Gasteiger charge is 2.56. The van der Waals surface area contributed by atoms with Crippen LogP contribution in [0.5, 0.6) is 17.2 Å². The molecule has 1 fully saturated rings. The summed E-state index contributed by atoms with van der Waals surface area (Å²) >= 11 is 2.23. The highest BCUT2D eigenvalue weighted by Crippen LogP contribution is 2.53. The van der Waals surface area contributed by atoms with E-state index in [1.165, 1.54) is 23.8 Å². The normalized spacial score (nSPS) is 18.7. The minimum atomic E-state index is -0.763. The molecule has 1 aromatic heterocycles. The highest BCUT2D eigenvalue weighted by molar-refractivity contribution is 8.00. The first-order valence-electron chi connectivity index (χ1n) is 14.4. The van der Waals surface area contributed by atoms with Crippen molar-refractivity contribution in [3.63, 3.8) is 0 Å². The van der Waals surface area contributed by atoms with Crippen molar-refractivity contribution in [3.8, 4) is 17.2 Å². The molecule has 1 saturated heterocycles. The van der Waals surface area contributed by atoms with Crippen LogP contribution in [0.4, 0.5) is 11.4 Å². The summed E-state index contributed by atoms with van der Waals surface area (Å²) in [5.41, 5.74) is 1.80. The van der Waals surface area contributed by atoms with Gasteiger partial charge in [0.2, 0.25) is 11.8 Å². The van der Waals surface area contributed by atoms with Gasteiger partial charge in [-0.15, -0.1) is 0 Å². The van der Waals surface area contributed by atoms with Gasteiger partial charge in [-0.1, -0.05) is 65.6 Å². The third-order valence-corrected chi connectivity index (χ3v) is 10.5. The number of fused-ring (bicyclic) bond motifs is 3. The average Bonchev–Trinajstić information content (AvgIpc) is 3.57. The van der Waals surface area contributed by atoms with Crippen molar-refractivity contribution in [2.75, 3.05) is 31.0 Å². The van der Waals surface area contributed by atoms with E-state index in [1.54, 1.807) is 49.6 Å². The van der Waals surface area contributed by atoms with Crippen molar-refractivity contribution >= 4 is 63.0 Å². The van der Waals surface area contributed by atoms with Crippen LogP contribution in [0, 0.1) is 5.92 Å². The van der Waals surface area contributed by atoms with Gasteiger partial charge >= 0.3 is 4.87 Å². The third kappa shape index (κ3) is 5.19. The van der Waals surface area contributed by atoms with Crippen LogP contribution in [-0.2, 0) is 14.4 Å². The first-order valence-corrected chi connectivity index (χ1v) is 16.1. The fourth-order valence-electron chi connectivity index (χ4n) is 6.02. The number of aromatic amines is 1. The van der Waals surface area contributed by atoms with Gasteiger partial charge in [-0.3, -0.25) is 19.2 Å². The second-order valence-corrected chi connectivity index (χ2v) is 12.9. The molecular formula is C34H27N3O7S2. The van der Waals surface area contributed by atoms with Crippen LogP contribution in [0.25, 0.3) is 10.8 Å². The largest absolute Gasteiger partial charge is 0.497 e. The van der Waals surface area contributed by atoms with E-state index < -0.39 is 17.1 Å². The van der Waals surface area contributed by atoms with Gasteiger partial charge in [0.1, 0.15) is 11.0 Å². The summed E-state index contributed by atoms with van der Waals surface area (Å²) in [6.45, 7) is -0.267. The number of thioether (sulfide) groups is 1. The predicted octanol–water partition coefficient (Wildman–Crippen LogP) is 5.42. The molecule has 2 N–H and O–H groups in total. The third-order valence-electron chi connectivity index (χ3n) is 8.12. The van der Waals surface area contributed by atoms with E-state index in [-0.39, 0.29) is 29.2 Å². The molecule has 5 aromatic rings. The van der Waals surface area contributed by atoms with Crippen molar-refractivity contribution in [2.45, 2.75) is 16.2 Å². The van der Waals surface area contributed by atoms with E-state index in [4.69, 9.17) is 14.2 Å². The lowest BCUT2D eigenvalue weighted by atomic mass is 9.83. The molecule has 3 amide bonds. The Morgan fingerprint density at radius 2 is 1.67 bits per heavy atom. The molecule has 0 saturated carbocycles. The Morgan fingerprint density at radius 3 is 2.46 bits per heavy atom. The van der Waals surface area contributed by atoms with Crippen LogP contribution in [0.15, 0.2) is 94.7 Å². The number of thiazole rings is 1. The van der Waals surface area contributed by atoms with Crippen LogP contribution in [0.2, 0.25) is 0 Å². The molecule has 12 heteroatoms. The van der Waals surface area contributed by atoms with Crippen LogP contribution >= 0.6 is 23.1 Å². The lowest BCUT2D eigenvalue weighted by Crippen LogP contribution is -2.32. The number of benzene rings is 4. The minimum absolute atomic E-state index is 0.265. The minimum Gasteiger partial charge on any atom is -0.497 e. The van der Waals surface area contributed by atoms with Crippen molar-refractivity contribution in [2.24, 2.45) is 5.92 Å². The van der Waals surface area contributed by atoms with E-state index in [1.807, 2.05) is 42.5 Å². The molecule has 46 heavy (non-hydrogen) atoms. The lowest BCUT2D eigenvalue weighted by molar-refractivity contribution is -0.122. The SMILES string of the molecule is COc1ccc(N2C(=O)C3Sc4[nH]c(=O)sc4[C@H](c4ccc(OCC(=O)Nc5cccc6ccccc56)c(OC)c4)C3C2=O)cc1. The lowest BCUT2D eigenvalue weighted by Gasteiger charge is -2.30. The number of ether oxygens (including phenoxy) is 3. The number of methoxy groups -OCH3 is 2. The number of imide groups is 1. The van der Waals surface area contributed by atoms with Gasteiger partial charge in [-0.05, 0) is 53.4 Å². The Balaban J connectivity index is 1.16. The monoisotopic (exact) mass is 653 g/mol. The Morgan fingerprint density at radius 1 is 0.891 bits per heavy atom. The molecule has 0 spiro atoms. The summed E-state index contributed by atoms with van der Waals surface area (Å²) in [6.07, 6.45) is 0. The van der Waals surface area contributed by atoms with Crippen molar-refractivity contribution < 1.29 is 28.6 Å². The number of hydrogen-bond donors (Lipinski definition) is 2. The molecule has 232 valence electrons. The Labute approximate surface area is 271 Å². The molecule has 10 nitrogen and oxygen atoms in total. The Bertz CT molecular complexity index is 2050. The molecule has 7 rings (SSSR count). The second-order valence-electron chi connectivity index (χ2n) is 10.7.